The van der Waals surface area contributed by atoms with Crippen LogP contribution in [0.25, 0.3) is 0 Å². The van der Waals surface area contributed by atoms with Crippen molar-refractivity contribution in [1.29, 1.82) is 0 Å². The average Bonchev–Trinajstić information content (AvgIpc) is 2.71. The van der Waals surface area contributed by atoms with Crippen molar-refractivity contribution in [1.82, 2.24) is 5.32 Å². The minimum atomic E-state index is -1.03. The van der Waals surface area contributed by atoms with E-state index in [4.69, 9.17) is 0 Å². The second-order valence-corrected chi connectivity index (χ2v) is 7.33. The lowest BCUT2D eigenvalue weighted by Crippen LogP contribution is -2.46. The molecule has 0 spiro atoms. The lowest BCUT2D eigenvalue weighted by Gasteiger charge is -2.30. The Kier molecular flexibility index (Phi) is 6.20. The smallest absolute Gasteiger partial charge is 0.349 e. The van der Waals surface area contributed by atoms with E-state index in [9.17, 15) is 19.5 Å². The zero-order valence-corrected chi connectivity index (χ0v) is 17.7. The van der Waals surface area contributed by atoms with Gasteiger partial charge in [0.15, 0.2) is 5.84 Å². The number of nitrogens with zero attached hydrogens (tertiary/aromatic N) is 2. The number of hydrogen-bond acceptors (Lipinski definition) is 5. The van der Waals surface area contributed by atoms with Gasteiger partial charge in [0.25, 0.3) is 5.91 Å². The fourth-order valence-corrected chi connectivity index (χ4v) is 3.39. The molecule has 160 valence electrons. The quantitative estimate of drug-likeness (QED) is 0.618. The molecule has 3 rings (SSSR count). The SMILES string of the molecule is C=C1C(=O)NC(=O)N=C1N(CCNc1ccccc1C(=O)O)c1cc(C)c(C)cc1C. The molecule has 0 aliphatic carbocycles. The molecule has 3 amide bonds. The van der Waals surface area contributed by atoms with Crippen molar-refractivity contribution in [3.05, 3.63) is 70.8 Å². The number of carboxylic acids is 1. The first-order valence-electron chi connectivity index (χ1n) is 9.74. The Morgan fingerprint density at radius 2 is 1.81 bits per heavy atom. The summed E-state index contributed by atoms with van der Waals surface area (Å²) in [5, 5.41) is 14.6. The molecule has 2 aromatic rings. The molecule has 31 heavy (non-hydrogen) atoms. The molecular formula is C23H24N4O4. The molecule has 2 aromatic carbocycles. The Labute approximate surface area is 180 Å². The van der Waals surface area contributed by atoms with E-state index >= 15 is 0 Å². The fraction of sp³-hybridized carbons (Fsp3) is 0.217. The molecule has 1 heterocycles. The summed E-state index contributed by atoms with van der Waals surface area (Å²) < 4.78 is 0. The number of hydrogen-bond donors (Lipinski definition) is 3. The predicted molar refractivity (Wildman–Crippen MR) is 120 cm³/mol. The van der Waals surface area contributed by atoms with Gasteiger partial charge in [-0.05, 0) is 55.7 Å². The van der Waals surface area contributed by atoms with Gasteiger partial charge >= 0.3 is 12.0 Å². The van der Waals surface area contributed by atoms with Gasteiger partial charge in [0.05, 0.1) is 11.1 Å². The van der Waals surface area contributed by atoms with Crippen molar-refractivity contribution in [2.45, 2.75) is 20.8 Å². The van der Waals surface area contributed by atoms with Crippen LogP contribution in [0.3, 0.4) is 0 Å². The molecule has 0 fully saturated rings. The van der Waals surface area contributed by atoms with Gasteiger partial charge in [-0.2, -0.15) is 4.99 Å². The van der Waals surface area contributed by atoms with Crippen LogP contribution in [-0.2, 0) is 4.79 Å². The first kappa shape index (κ1) is 21.8. The number of carbonyl (C=O) groups is 3. The zero-order valence-electron chi connectivity index (χ0n) is 17.7. The van der Waals surface area contributed by atoms with Gasteiger partial charge in [0, 0.05) is 24.5 Å². The summed E-state index contributed by atoms with van der Waals surface area (Å²) in [5.74, 6) is -1.45. The van der Waals surface area contributed by atoms with Crippen LogP contribution in [0.1, 0.15) is 27.0 Å². The highest BCUT2D eigenvalue weighted by atomic mass is 16.4. The Hall–Kier alpha value is -3.94. The summed E-state index contributed by atoms with van der Waals surface area (Å²) in [4.78, 5) is 41.3. The van der Waals surface area contributed by atoms with E-state index in [0.717, 1.165) is 22.4 Å². The van der Waals surface area contributed by atoms with Crippen molar-refractivity contribution < 1.29 is 19.5 Å². The number of amidine groups is 1. The molecule has 0 atom stereocenters. The zero-order chi connectivity index (χ0) is 22.7. The third-order valence-corrected chi connectivity index (χ3v) is 5.14. The topological polar surface area (TPSA) is 111 Å². The minimum Gasteiger partial charge on any atom is -0.478 e. The van der Waals surface area contributed by atoms with Crippen molar-refractivity contribution in [2.24, 2.45) is 4.99 Å². The molecule has 8 nitrogen and oxygen atoms in total. The molecule has 0 saturated heterocycles. The van der Waals surface area contributed by atoms with Gasteiger partial charge in [0.2, 0.25) is 0 Å². The van der Waals surface area contributed by atoms with Crippen LogP contribution in [0.2, 0.25) is 0 Å². The van der Waals surface area contributed by atoms with E-state index in [1.807, 2.05) is 32.9 Å². The van der Waals surface area contributed by atoms with Crippen LogP contribution in [0, 0.1) is 20.8 Å². The van der Waals surface area contributed by atoms with E-state index < -0.39 is 17.9 Å². The molecule has 1 aliphatic heterocycles. The van der Waals surface area contributed by atoms with Gasteiger partial charge in [-0.1, -0.05) is 24.8 Å². The second kappa shape index (κ2) is 8.83. The van der Waals surface area contributed by atoms with Gasteiger partial charge in [0.1, 0.15) is 0 Å². The Morgan fingerprint density at radius 1 is 1.13 bits per heavy atom. The highest BCUT2D eigenvalue weighted by Crippen LogP contribution is 2.27. The molecular weight excluding hydrogens is 396 g/mol. The summed E-state index contributed by atoms with van der Waals surface area (Å²) in [6, 6.07) is 9.86. The fourth-order valence-electron chi connectivity index (χ4n) is 3.39. The van der Waals surface area contributed by atoms with Crippen LogP contribution in [0.4, 0.5) is 16.2 Å². The third kappa shape index (κ3) is 4.63. The summed E-state index contributed by atoms with van der Waals surface area (Å²) in [7, 11) is 0. The number of benzene rings is 2. The summed E-state index contributed by atoms with van der Waals surface area (Å²) in [5.41, 5.74) is 4.63. The maximum Gasteiger partial charge on any atom is 0.349 e. The first-order chi connectivity index (χ1) is 14.7. The standard InChI is InChI=1S/C23H24N4O4/c1-13-11-15(3)19(12-14(13)2)27(20-16(4)21(28)26-23(31)25-20)10-9-24-18-8-6-5-7-17(18)22(29)30/h5-8,11-12,24H,4,9-10H2,1-3H3,(H,29,30)(H,26,28,31). The molecule has 0 radical (unpaired) electrons. The van der Waals surface area contributed by atoms with Crippen molar-refractivity contribution >= 4 is 35.1 Å². The number of nitrogens with one attached hydrogen (secondary N) is 2. The summed E-state index contributed by atoms with van der Waals surface area (Å²) >= 11 is 0. The minimum absolute atomic E-state index is 0.0863. The number of aromatic carboxylic acids is 1. The predicted octanol–water partition coefficient (Wildman–Crippen LogP) is 3.43. The molecule has 0 unspecified atom stereocenters. The lowest BCUT2D eigenvalue weighted by atomic mass is 10.0. The number of aliphatic imine (C=N–C) groups is 1. The number of para-hydroxylation sites is 1. The van der Waals surface area contributed by atoms with E-state index in [1.54, 1.807) is 23.1 Å². The number of aryl methyl sites for hydroxylation is 3. The second-order valence-electron chi connectivity index (χ2n) is 7.33. The summed E-state index contributed by atoms with van der Waals surface area (Å²) in [6.45, 7) is 10.4. The first-order valence-corrected chi connectivity index (χ1v) is 9.74. The number of carboxylic acid groups (broad SMARTS) is 1. The van der Waals surface area contributed by atoms with E-state index in [1.165, 1.54) is 6.07 Å². The molecule has 1 aliphatic rings. The van der Waals surface area contributed by atoms with Gasteiger partial charge < -0.3 is 15.3 Å². The summed E-state index contributed by atoms with van der Waals surface area (Å²) in [6.07, 6.45) is 0. The monoisotopic (exact) mass is 420 g/mol. The normalized spacial score (nSPS) is 13.5. The largest absolute Gasteiger partial charge is 0.478 e. The van der Waals surface area contributed by atoms with E-state index in [2.05, 4.69) is 22.2 Å². The number of rotatable bonds is 6. The Balaban J connectivity index is 1.95. The molecule has 0 saturated carbocycles. The highest BCUT2D eigenvalue weighted by Gasteiger charge is 2.28. The van der Waals surface area contributed by atoms with Crippen LogP contribution in [0.5, 0.6) is 0 Å². The Bertz CT molecular complexity index is 1120. The van der Waals surface area contributed by atoms with Crippen molar-refractivity contribution in [2.75, 3.05) is 23.3 Å². The van der Waals surface area contributed by atoms with E-state index in [0.29, 0.717) is 18.8 Å². The van der Waals surface area contributed by atoms with Crippen LogP contribution >= 0.6 is 0 Å². The molecule has 8 heteroatoms. The van der Waals surface area contributed by atoms with Crippen LogP contribution in [0.15, 0.2) is 53.5 Å². The maximum atomic E-state index is 12.2. The maximum absolute atomic E-state index is 12.2. The number of amides is 3. The number of imide groups is 1. The van der Waals surface area contributed by atoms with Gasteiger partial charge in [-0.25, -0.2) is 9.59 Å². The van der Waals surface area contributed by atoms with E-state index in [-0.39, 0.29) is 17.0 Å². The van der Waals surface area contributed by atoms with Crippen molar-refractivity contribution in [3.8, 4) is 0 Å². The van der Waals surface area contributed by atoms with Crippen LogP contribution < -0.4 is 15.5 Å². The van der Waals surface area contributed by atoms with Gasteiger partial charge in [-0.3, -0.25) is 10.1 Å². The van der Waals surface area contributed by atoms with Crippen LogP contribution in [-0.4, -0.2) is 41.9 Å². The van der Waals surface area contributed by atoms with Gasteiger partial charge in [-0.15, -0.1) is 0 Å². The lowest BCUT2D eigenvalue weighted by molar-refractivity contribution is -0.116. The molecule has 0 aromatic heterocycles. The van der Waals surface area contributed by atoms with Crippen molar-refractivity contribution in [3.63, 3.8) is 0 Å². The number of anilines is 2. The highest BCUT2D eigenvalue weighted by molar-refractivity contribution is 6.32. The Morgan fingerprint density at radius 3 is 2.52 bits per heavy atom. The third-order valence-electron chi connectivity index (χ3n) is 5.14. The average molecular weight is 420 g/mol. The number of urea groups is 1. The molecule has 0 bridgehead atoms. The number of carbonyl (C=O) groups excluding carboxylic acids is 2. The molecule has 3 N–H and O–H groups in total.